The Morgan fingerprint density at radius 3 is 2.50 bits per heavy atom. The summed E-state index contributed by atoms with van der Waals surface area (Å²) in [5.41, 5.74) is -0.260. The molecule has 2 aromatic heterocycles. The number of carbonyl (C=O) groups is 1. The smallest absolute Gasteiger partial charge is 0.404 e. The number of methoxy groups -OCH3 is 1. The van der Waals surface area contributed by atoms with Crippen LogP contribution < -0.4 is 20.1 Å². The Morgan fingerprint density at radius 1 is 1.05 bits per heavy atom. The maximum Gasteiger partial charge on any atom is 0.404 e. The van der Waals surface area contributed by atoms with Crippen molar-refractivity contribution in [3.63, 3.8) is 0 Å². The quantitative estimate of drug-likeness (QED) is 0.202. The lowest BCUT2D eigenvalue weighted by Gasteiger charge is -2.28. The Balaban J connectivity index is 1.37. The molecule has 4 N–H and O–H groups in total. The number of anilines is 2. The summed E-state index contributed by atoms with van der Waals surface area (Å²) in [4.78, 5) is 23.1. The number of fused-ring (bicyclic) bond motifs is 1. The third-order valence-electron chi connectivity index (χ3n) is 6.86. The lowest BCUT2D eigenvalue weighted by molar-refractivity contribution is 0.185. The van der Waals surface area contributed by atoms with Crippen LogP contribution in [0.25, 0.3) is 22.0 Å². The van der Waals surface area contributed by atoms with Crippen LogP contribution in [-0.2, 0) is 10.0 Å². The van der Waals surface area contributed by atoms with Gasteiger partial charge in [-0.1, -0.05) is 17.7 Å². The number of nitrogens with one attached hydrogen (secondary N) is 3. The van der Waals surface area contributed by atoms with Crippen LogP contribution in [0, 0.1) is 11.6 Å². The van der Waals surface area contributed by atoms with Crippen molar-refractivity contribution in [1.82, 2.24) is 20.3 Å². The van der Waals surface area contributed by atoms with E-state index in [0.717, 1.165) is 31.0 Å². The molecule has 15 heteroatoms. The number of amides is 1. The fraction of sp³-hybridized carbons (Fsp3) is 0.259. The molecule has 1 aliphatic carbocycles. The summed E-state index contributed by atoms with van der Waals surface area (Å²) in [6.45, 7) is 0. The van der Waals surface area contributed by atoms with Crippen molar-refractivity contribution in [3.05, 3.63) is 65.4 Å². The van der Waals surface area contributed by atoms with Crippen LogP contribution in [0.1, 0.15) is 25.7 Å². The van der Waals surface area contributed by atoms with Gasteiger partial charge in [0.2, 0.25) is 11.8 Å². The molecule has 1 amide bonds. The standard InChI is InChI=1S/C27H25ClF2N6O5S/c1-41-25-22(11-16(28)13-31-25)42(39,40)36-21-9-7-19(29)23(24(21)30)14-2-8-20-15(10-14)12-32-26(35-20)33-17-3-5-18(6-4-17)34-27(37)38/h2,7-13,17-18,34,36H,3-6H2,1H3,(H,37,38)(H,32,33,35)/t17-,18-. The van der Waals surface area contributed by atoms with Crippen molar-refractivity contribution in [3.8, 4) is 17.0 Å². The second-order valence-corrected chi connectivity index (χ2v) is 11.7. The summed E-state index contributed by atoms with van der Waals surface area (Å²) in [7, 11) is -3.19. The fourth-order valence-electron chi connectivity index (χ4n) is 4.85. The van der Waals surface area contributed by atoms with E-state index >= 15 is 4.39 Å². The summed E-state index contributed by atoms with van der Waals surface area (Å²) in [6, 6.07) is 7.60. The summed E-state index contributed by atoms with van der Waals surface area (Å²) >= 11 is 5.90. The SMILES string of the molecule is COc1ncc(Cl)cc1S(=O)(=O)Nc1ccc(F)c(-c2ccc3nc(N[C@H]4CC[C@H](NC(=O)O)CC4)ncc3c2)c1F. The number of carboxylic acid groups (broad SMARTS) is 1. The number of rotatable bonds is 8. The first-order valence-corrected chi connectivity index (χ1v) is 14.6. The van der Waals surface area contributed by atoms with Crippen molar-refractivity contribution in [2.45, 2.75) is 42.7 Å². The normalized spacial score (nSPS) is 17.0. The van der Waals surface area contributed by atoms with Gasteiger partial charge in [-0.15, -0.1) is 0 Å². The molecule has 1 fully saturated rings. The van der Waals surface area contributed by atoms with Crippen molar-refractivity contribution < 1.29 is 31.8 Å². The number of ether oxygens (including phenoxy) is 1. The minimum absolute atomic E-state index is 0.0219. The maximum absolute atomic E-state index is 15.6. The monoisotopic (exact) mass is 618 g/mol. The first-order chi connectivity index (χ1) is 20.0. The molecule has 2 heterocycles. The summed E-state index contributed by atoms with van der Waals surface area (Å²) in [5.74, 6) is -1.89. The summed E-state index contributed by atoms with van der Waals surface area (Å²) in [5, 5.41) is 15.2. The number of hydrogen-bond donors (Lipinski definition) is 4. The predicted molar refractivity (Wildman–Crippen MR) is 152 cm³/mol. The van der Waals surface area contributed by atoms with E-state index in [2.05, 4.69) is 30.3 Å². The number of pyridine rings is 1. The van der Waals surface area contributed by atoms with Gasteiger partial charge in [-0.05, 0) is 61.6 Å². The predicted octanol–water partition coefficient (Wildman–Crippen LogP) is 5.42. The van der Waals surface area contributed by atoms with Crippen LogP contribution in [0.2, 0.25) is 5.02 Å². The van der Waals surface area contributed by atoms with Gasteiger partial charge in [0.15, 0.2) is 10.7 Å². The van der Waals surface area contributed by atoms with Gasteiger partial charge in [-0.2, -0.15) is 0 Å². The maximum atomic E-state index is 15.6. The number of aromatic nitrogens is 3. The van der Waals surface area contributed by atoms with Crippen molar-refractivity contribution in [2.24, 2.45) is 0 Å². The van der Waals surface area contributed by atoms with Gasteiger partial charge in [0.1, 0.15) is 5.82 Å². The average Bonchev–Trinajstić information content (AvgIpc) is 2.95. The molecule has 11 nitrogen and oxygen atoms in total. The number of sulfonamides is 1. The van der Waals surface area contributed by atoms with Crippen LogP contribution in [-0.4, -0.2) is 53.8 Å². The van der Waals surface area contributed by atoms with Crippen molar-refractivity contribution in [2.75, 3.05) is 17.1 Å². The molecule has 0 unspecified atom stereocenters. The zero-order chi connectivity index (χ0) is 30.0. The first-order valence-electron chi connectivity index (χ1n) is 12.8. The van der Waals surface area contributed by atoms with Crippen LogP contribution in [0.5, 0.6) is 5.88 Å². The highest BCUT2D eigenvalue weighted by molar-refractivity contribution is 7.92. The van der Waals surface area contributed by atoms with Crippen LogP contribution >= 0.6 is 11.6 Å². The molecule has 0 radical (unpaired) electrons. The highest BCUT2D eigenvalue weighted by Crippen LogP contribution is 2.34. The van der Waals surface area contributed by atoms with Crippen LogP contribution in [0.3, 0.4) is 0 Å². The van der Waals surface area contributed by atoms with E-state index in [0.29, 0.717) is 29.7 Å². The zero-order valence-corrected chi connectivity index (χ0v) is 23.6. The first kappa shape index (κ1) is 29.2. The van der Waals surface area contributed by atoms with E-state index in [1.165, 1.54) is 31.6 Å². The van der Waals surface area contributed by atoms with Crippen molar-refractivity contribution in [1.29, 1.82) is 0 Å². The fourth-order valence-corrected chi connectivity index (χ4v) is 6.28. The number of hydrogen-bond acceptors (Lipinski definition) is 8. The Morgan fingerprint density at radius 2 is 1.79 bits per heavy atom. The molecule has 1 saturated carbocycles. The van der Waals surface area contributed by atoms with Crippen LogP contribution in [0.4, 0.5) is 25.2 Å². The van der Waals surface area contributed by atoms with E-state index in [9.17, 15) is 17.6 Å². The van der Waals surface area contributed by atoms with Crippen LogP contribution in [0.15, 0.2) is 53.7 Å². The second kappa shape index (κ2) is 11.9. The average molecular weight is 619 g/mol. The minimum Gasteiger partial charge on any atom is -0.480 e. The molecule has 220 valence electrons. The Hall–Kier alpha value is -4.30. The van der Waals surface area contributed by atoms with Gasteiger partial charge in [0, 0.05) is 29.9 Å². The Bertz CT molecular complexity index is 1770. The third kappa shape index (κ3) is 6.29. The Labute approximate surface area is 244 Å². The largest absolute Gasteiger partial charge is 0.480 e. The van der Waals surface area contributed by atoms with Gasteiger partial charge < -0.3 is 20.5 Å². The third-order valence-corrected chi connectivity index (χ3v) is 8.43. The molecule has 5 rings (SSSR count). The van der Waals surface area contributed by atoms with Gasteiger partial charge in [0.25, 0.3) is 10.0 Å². The Kier molecular flexibility index (Phi) is 8.27. The molecular formula is C27H25ClF2N6O5S. The number of halogens is 3. The van der Waals surface area contributed by atoms with E-state index in [1.807, 2.05) is 0 Å². The highest BCUT2D eigenvalue weighted by atomic mass is 35.5. The van der Waals surface area contributed by atoms with Crippen molar-refractivity contribution >= 4 is 50.3 Å². The summed E-state index contributed by atoms with van der Waals surface area (Å²) in [6.07, 6.45) is 4.55. The van der Waals surface area contributed by atoms with Gasteiger partial charge in [-0.25, -0.2) is 36.9 Å². The molecule has 0 atom stereocenters. The zero-order valence-electron chi connectivity index (χ0n) is 22.1. The minimum atomic E-state index is -4.41. The van der Waals surface area contributed by atoms with Gasteiger partial charge >= 0.3 is 6.09 Å². The molecule has 1 aliphatic rings. The number of benzene rings is 2. The van der Waals surface area contributed by atoms with Gasteiger partial charge in [-0.3, -0.25) is 4.72 Å². The number of nitrogens with zero attached hydrogens (tertiary/aromatic N) is 3. The molecular weight excluding hydrogens is 594 g/mol. The summed E-state index contributed by atoms with van der Waals surface area (Å²) < 4.78 is 63.7. The van der Waals surface area contributed by atoms with E-state index < -0.39 is 43.9 Å². The topological polar surface area (TPSA) is 155 Å². The van der Waals surface area contributed by atoms with E-state index in [4.69, 9.17) is 21.4 Å². The molecule has 0 bridgehead atoms. The second-order valence-electron chi connectivity index (χ2n) is 9.66. The molecule has 4 aromatic rings. The lowest BCUT2D eigenvalue weighted by Crippen LogP contribution is -2.39. The van der Waals surface area contributed by atoms with E-state index in [-0.39, 0.29) is 28.5 Å². The molecule has 2 aromatic carbocycles. The lowest BCUT2D eigenvalue weighted by atomic mass is 9.91. The molecule has 0 spiro atoms. The van der Waals surface area contributed by atoms with E-state index in [1.54, 1.807) is 6.07 Å². The highest BCUT2D eigenvalue weighted by Gasteiger charge is 2.26. The molecule has 0 aliphatic heterocycles. The molecule has 0 saturated heterocycles. The van der Waals surface area contributed by atoms with Gasteiger partial charge in [0.05, 0.1) is 28.9 Å². The molecule has 42 heavy (non-hydrogen) atoms.